The highest BCUT2D eigenvalue weighted by molar-refractivity contribution is 9.10. The predicted octanol–water partition coefficient (Wildman–Crippen LogP) is 4.62. The molecule has 0 saturated carbocycles. The molecule has 0 radical (unpaired) electrons. The fourth-order valence-corrected chi connectivity index (χ4v) is 2.61. The Morgan fingerprint density at radius 3 is 2.65 bits per heavy atom. The molecule has 1 nitrogen and oxygen atoms in total. The van der Waals surface area contributed by atoms with E-state index in [1.165, 1.54) is 18.2 Å². The van der Waals surface area contributed by atoms with Gasteiger partial charge in [0.15, 0.2) is 0 Å². The van der Waals surface area contributed by atoms with Crippen LogP contribution in [0.25, 0.3) is 0 Å². The summed E-state index contributed by atoms with van der Waals surface area (Å²) in [5.74, 6) is -0.521. The van der Waals surface area contributed by atoms with Gasteiger partial charge in [0.05, 0.1) is 0 Å². The second-order valence-electron chi connectivity index (χ2n) is 4.61. The van der Waals surface area contributed by atoms with E-state index in [9.17, 15) is 8.78 Å². The van der Waals surface area contributed by atoms with Crippen molar-refractivity contribution in [1.82, 2.24) is 5.32 Å². The van der Waals surface area contributed by atoms with E-state index in [0.717, 1.165) is 16.6 Å². The Morgan fingerprint density at radius 1 is 1.15 bits per heavy atom. The van der Waals surface area contributed by atoms with Crippen LogP contribution in [0.4, 0.5) is 8.78 Å². The van der Waals surface area contributed by atoms with Crippen LogP contribution in [0.1, 0.15) is 24.1 Å². The predicted molar refractivity (Wildman–Crippen MR) is 80.6 cm³/mol. The Morgan fingerprint density at radius 2 is 1.95 bits per heavy atom. The van der Waals surface area contributed by atoms with Crippen LogP contribution in [-0.2, 0) is 6.42 Å². The molecule has 1 atom stereocenters. The molecular formula is C16H16BrF2N. The lowest BCUT2D eigenvalue weighted by molar-refractivity contribution is 0.523. The summed E-state index contributed by atoms with van der Waals surface area (Å²) in [7, 11) is 0. The van der Waals surface area contributed by atoms with Crippen molar-refractivity contribution in [2.45, 2.75) is 19.4 Å². The lowest BCUT2D eigenvalue weighted by Crippen LogP contribution is -2.23. The van der Waals surface area contributed by atoms with Crippen molar-refractivity contribution in [2.24, 2.45) is 0 Å². The van der Waals surface area contributed by atoms with Crippen molar-refractivity contribution in [3.8, 4) is 0 Å². The molecule has 0 heterocycles. The molecule has 2 rings (SSSR count). The summed E-state index contributed by atoms with van der Waals surface area (Å²) < 4.78 is 28.0. The smallest absolute Gasteiger partial charge is 0.126 e. The van der Waals surface area contributed by atoms with E-state index in [1.807, 2.05) is 13.0 Å². The van der Waals surface area contributed by atoms with Gasteiger partial charge in [0, 0.05) is 10.5 Å². The molecule has 0 aliphatic rings. The number of hydrogen-bond donors (Lipinski definition) is 1. The summed E-state index contributed by atoms with van der Waals surface area (Å²) in [5.41, 5.74) is 1.43. The van der Waals surface area contributed by atoms with Gasteiger partial charge in [-0.3, -0.25) is 0 Å². The second-order valence-corrected chi connectivity index (χ2v) is 5.52. The number of hydrogen-bond acceptors (Lipinski definition) is 1. The number of likely N-dealkylation sites (N-methyl/N-ethyl adjacent to an activating group) is 1. The summed E-state index contributed by atoms with van der Waals surface area (Å²) in [4.78, 5) is 0. The van der Waals surface area contributed by atoms with Crippen molar-refractivity contribution in [3.63, 3.8) is 0 Å². The van der Waals surface area contributed by atoms with E-state index >= 15 is 0 Å². The summed E-state index contributed by atoms with van der Waals surface area (Å²) in [6.45, 7) is 2.71. The molecule has 0 bridgehead atoms. The van der Waals surface area contributed by atoms with Crippen molar-refractivity contribution in [1.29, 1.82) is 0 Å². The fraction of sp³-hybridized carbons (Fsp3) is 0.250. The zero-order valence-corrected chi connectivity index (χ0v) is 12.8. The highest BCUT2D eigenvalue weighted by Crippen LogP contribution is 2.23. The van der Waals surface area contributed by atoms with Crippen LogP contribution in [0.3, 0.4) is 0 Å². The third kappa shape index (κ3) is 3.87. The molecule has 4 heteroatoms. The largest absolute Gasteiger partial charge is 0.310 e. The first kappa shape index (κ1) is 15.1. The Labute approximate surface area is 126 Å². The van der Waals surface area contributed by atoms with Gasteiger partial charge in [-0.2, -0.15) is 0 Å². The minimum Gasteiger partial charge on any atom is -0.310 e. The molecule has 20 heavy (non-hydrogen) atoms. The molecular weight excluding hydrogens is 324 g/mol. The lowest BCUT2D eigenvalue weighted by atomic mass is 9.98. The van der Waals surface area contributed by atoms with Gasteiger partial charge >= 0.3 is 0 Å². The maximum absolute atomic E-state index is 13.8. The van der Waals surface area contributed by atoms with Gasteiger partial charge in [0.25, 0.3) is 0 Å². The molecule has 0 spiro atoms. The Bertz CT molecular complexity index is 586. The molecule has 2 aromatic carbocycles. The van der Waals surface area contributed by atoms with Crippen molar-refractivity contribution < 1.29 is 8.78 Å². The van der Waals surface area contributed by atoms with Crippen LogP contribution >= 0.6 is 15.9 Å². The van der Waals surface area contributed by atoms with Crippen molar-refractivity contribution in [2.75, 3.05) is 6.54 Å². The molecule has 1 N–H and O–H groups in total. The Balaban J connectivity index is 2.27. The molecule has 0 aromatic heterocycles. The topological polar surface area (TPSA) is 12.0 Å². The highest BCUT2D eigenvalue weighted by atomic mass is 79.9. The zero-order chi connectivity index (χ0) is 14.5. The normalized spacial score (nSPS) is 12.4. The van der Waals surface area contributed by atoms with E-state index in [2.05, 4.69) is 21.2 Å². The Hall–Kier alpha value is -1.26. The van der Waals surface area contributed by atoms with Crippen LogP contribution in [0.5, 0.6) is 0 Å². The average Bonchev–Trinajstić information content (AvgIpc) is 2.42. The lowest BCUT2D eigenvalue weighted by Gasteiger charge is -2.19. The summed E-state index contributed by atoms with van der Waals surface area (Å²) in [6.07, 6.45) is 0.475. The standard InChI is InChI=1S/C16H16BrF2N/c1-2-20-16(11-4-3-5-14(18)9-11)10-12-8-13(17)6-7-15(12)19/h3-9,16,20H,2,10H2,1H3. The summed E-state index contributed by atoms with van der Waals surface area (Å²) in [6, 6.07) is 11.2. The van der Waals surface area contributed by atoms with Crippen LogP contribution < -0.4 is 5.32 Å². The maximum Gasteiger partial charge on any atom is 0.126 e. The summed E-state index contributed by atoms with van der Waals surface area (Å²) in [5, 5.41) is 3.27. The molecule has 1 unspecified atom stereocenters. The van der Waals surface area contributed by atoms with Crippen LogP contribution in [0, 0.1) is 11.6 Å². The van der Waals surface area contributed by atoms with Gasteiger partial charge in [-0.1, -0.05) is 35.0 Å². The second kappa shape index (κ2) is 6.95. The number of rotatable bonds is 5. The van der Waals surface area contributed by atoms with E-state index in [-0.39, 0.29) is 17.7 Å². The van der Waals surface area contributed by atoms with Gasteiger partial charge in [-0.25, -0.2) is 8.78 Å². The third-order valence-corrected chi connectivity index (χ3v) is 3.63. The van der Waals surface area contributed by atoms with Crippen LogP contribution in [0.2, 0.25) is 0 Å². The van der Waals surface area contributed by atoms with E-state index in [0.29, 0.717) is 12.0 Å². The monoisotopic (exact) mass is 339 g/mol. The number of benzene rings is 2. The first-order chi connectivity index (χ1) is 9.60. The molecule has 0 aliphatic heterocycles. The molecule has 0 aliphatic carbocycles. The number of nitrogens with one attached hydrogen (secondary N) is 1. The fourth-order valence-electron chi connectivity index (χ4n) is 2.20. The van der Waals surface area contributed by atoms with Crippen LogP contribution in [-0.4, -0.2) is 6.54 Å². The minimum absolute atomic E-state index is 0.112. The minimum atomic E-state index is -0.278. The molecule has 0 fully saturated rings. The van der Waals surface area contributed by atoms with Gasteiger partial charge in [-0.05, 0) is 54.4 Å². The van der Waals surface area contributed by atoms with Gasteiger partial charge in [0.2, 0.25) is 0 Å². The Kier molecular flexibility index (Phi) is 5.26. The first-order valence-electron chi connectivity index (χ1n) is 6.53. The first-order valence-corrected chi connectivity index (χ1v) is 7.32. The molecule has 0 amide bonds. The van der Waals surface area contributed by atoms with Gasteiger partial charge < -0.3 is 5.32 Å². The van der Waals surface area contributed by atoms with Gasteiger partial charge in [0.1, 0.15) is 11.6 Å². The van der Waals surface area contributed by atoms with Crippen molar-refractivity contribution >= 4 is 15.9 Å². The van der Waals surface area contributed by atoms with Crippen molar-refractivity contribution in [3.05, 3.63) is 69.7 Å². The summed E-state index contributed by atoms with van der Waals surface area (Å²) >= 11 is 3.35. The maximum atomic E-state index is 13.8. The zero-order valence-electron chi connectivity index (χ0n) is 11.2. The molecule has 0 saturated heterocycles. The highest BCUT2D eigenvalue weighted by Gasteiger charge is 2.14. The van der Waals surface area contributed by atoms with E-state index in [1.54, 1.807) is 18.2 Å². The van der Waals surface area contributed by atoms with E-state index < -0.39 is 0 Å². The van der Waals surface area contributed by atoms with E-state index in [4.69, 9.17) is 0 Å². The number of halogens is 3. The average molecular weight is 340 g/mol. The molecule has 106 valence electrons. The molecule has 2 aromatic rings. The van der Waals surface area contributed by atoms with Crippen LogP contribution in [0.15, 0.2) is 46.9 Å². The quantitative estimate of drug-likeness (QED) is 0.837. The third-order valence-electron chi connectivity index (χ3n) is 3.13. The van der Waals surface area contributed by atoms with Gasteiger partial charge in [-0.15, -0.1) is 0 Å². The SMILES string of the molecule is CCNC(Cc1cc(Br)ccc1F)c1cccc(F)c1.